The number of rotatable bonds is 8. The van der Waals surface area contributed by atoms with Gasteiger partial charge in [0.05, 0.1) is 30.1 Å². The molecular weight excluding hydrogens is 530 g/mol. The first-order valence-electron chi connectivity index (χ1n) is 14.7. The van der Waals surface area contributed by atoms with Crippen LogP contribution in [0, 0.1) is 25.7 Å². The minimum atomic E-state index is -1.21. The van der Waals surface area contributed by atoms with Gasteiger partial charge in [-0.2, -0.15) is 0 Å². The van der Waals surface area contributed by atoms with Crippen LogP contribution in [0.1, 0.15) is 48.9 Å². The largest absolute Gasteiger partial charge is 0.394 e. The van der Waals surface area contributed by atoms with Crippen molar-refractivity contribution in [3.63, 3.8) is 0 Å². The number of fused-ring (bicyclic) bond motifs is 1. The van der Waals surface area contributed by atoms with E-state index in [4.69, 9.17) is 4.74 Å². The molecule has 3 aliphatic rings. The number of benzene rings is 3. The summed E-state index contributed by atoms with van der Waals surface area (Å²) in [5.74, 6) is -2.68. The maximum Gasteiger partial charge on any atom is 0.250 e. The van der Waals surface area contributed by atoms with Crippen molar-refractivity contribution < 1.29 is 24.2 Å². The molecule has 3 N–H and O–H groups in total. The van der Waals surface area contributed by atoms with Crippen LogP contribution in [0.3, 0.4) is 0 Å². The fraction of sp³-hybridized carbons (Fsp3) is 0.382. The Morgan fingerprint density at radius 1 is 0.929 bits per heavy atom. The van der Waals surface area contributed by atoms with Gasteiger partial charge < -0.3 is 25.4 Å². The highest BCUT2D eigenvalue weighted by Crippen LogP contribution is 2.65. The lowest BCUT2D eigenvalue weighted by Crippen LogP contribution is -2.54. The van der Waals surface area contributed by atoms with Crippen molar-refractivity contribution in [2.75, 3.05) is 17.2 Å². The number of hydrogen-bond acceptors (Lipinski definition) is 5. The molecule has 3 heterocycles. The molecule has 0 aliphatic carbocycles. The Bertz CT molecular complexity index is 1490. The summed E-state index contributed by atoms with van der Waals surface area (Å²) < 4.78 is 6.89. The number of para-hydroxylation sites is 2. The molecule has 6 atom stereocenters. The summed E-state index contributed by atoms with van der Waals surface area (Å²) in [4.78, 5) is 44.6. The third kappa shape index (κ3) is 4.24. The number of nitrogens with one attached hydrogen (secondary N) is 2. The Hall–Kier alpha value is -4.01. The number of likely N-dealkylation sites (tertiary alicyclic amines) is 1. The van der Waals surface area contributed by atoms with Crippen LogP contribution in [0.4, 0.5) is 11.4 Å². The molecule has 3 saturated heterocycles. The predicted octanol–water partition coefficient (Wildman–Crippen LogP) is 4.77. The van der Waals surface area contributed by atoms with Gasteiger partial charge in [0.1, 0.15) is 11.6 Å². The Kier molecular flexibility index (Phi) is 7.15. The molecule has 1 spiro atoms. The van der Waals surface area contributed by atoms with Crippen LogP contribution >= 0.6 is 0 Å². The second kappa shape index (κ2) is 10.7. The van der Waals surface area contributed by atoms with Gasteiger partial charge in [0, 0.05) is 11.4 Å². The standard InChI is InChI=1S/C34H37N3O5/c1-4-33-18-19-34(42-33)27(26(33)30(39)35-24-16-9-6-10-17-24)32(41)37(25(20-38)23-14-7-5-8-15-23)29(34)31(40)36-28-21(2)12-11-13-22(28)3/h5-17,25-27,29,38H,4,18-20H2,1-3H3,(H,35,39)(H,36,40)/t25-,26+,27+,29?,33-,34?/m1/s1. The highest BCUT2D eigenvalue weighted by atomic mass is 16.5. The van der Waals surface area contributed by atoms with E-state index in [0.29, 0.717) is 36.2 Å². The molecule has 0 radical (unpaired) electrons. The minimum absolute atomic E-state index is 0.293. The molecule has 2 unspecified atom stereocenters. The number of nitrogens with zero attached hydrogens (tertiary/aromatic N) is 1. The number of hydrogen-bond donors (Lipinski definition) is 3. The molecule has 218 valence electrons. The van der Waals surface area contributed by atoms with Gasteiger partial charge in [0.15, 0.2) is 0 Å². The second-order valence-corrected chi connectivity index (χ2v) is 11.8. The van der Waals surface area contributed by atoms with E-state index in [1.807, 2.05) is 87.5 Å². The average molecular weight is 568 g/mol. The van der Waals surface area contributed by atoms with E-state index in [-0.39, 0.29) is 24.3 Å². The molecule has 3 aliphatic heterocycles. The predicted molar refractivity (Wildman–Crippen MR) is 160 cm³/mol. The molecule has 3 aromatic carbocycles. The molecule has 0 aromatic heterocycles. The summed E-state index contributed by atoms with van der Waals surface area (Å²) in [6.07, 6.45) is 1.54. The number of carbonyl (C=O) groups is 3. The number of ether oxygens (including phenoxy) is 1. The van der Waals surface area contributed by atoms with Crippen LogP contribution in [0.2, 0.25) is 0 Å². The molecule has 6 rings (SSSR count). The first-order chi connectivity index (χ1) is 20.3. The van der Waals surface area contributed by atoms with Crippen LogP contribution in [0.25, 0.3) is 0 Å². The van der Waals surface area contributed by atoms with Crippen LogP contribution in [0.15, 0.2) is 78.9 Å². The summed E-state index contributed by atoms with van der Waals surface area (Å²) in [5, 5.41) is 16.8. The van der Waals surface area contributed by atoms with E-state index >= 15 is 0 Å². The average Bonchev–Trinajstić information content (AvgIpc) is 3.60. The normalized spacial score (nSPS) is 28.4. The third-order valence-corrected chi connectivity index (χ3v) is 9.61. The maximum atomic E-state index is 14.6. The van der Waals surface area contributed by atoms with Gasteiger partial charge >= 0.3 is 0 Å². The molecular formula is C34H37N3O5. The smallest absolute Gasteiger partial charge is 0.250 e. The van der Waals surface area contributed by atoms with Crippen LogP contribution in [-0.2, 0) is 19.1 Å². The highest BCUT2D eigenvalue weighted by molar-refractivity contribution is 6.06. The van der Waals surface area contributed by atoms with Crippen molar-refractivity contribution in [3.8, 4) is 0 Å². The van der Waals surface area contributed by atoms with Crippen LogP contribution in [0.5, 0.6) is 0 Å². The lowest BCUT2D eigenvalue weighted by Gasteiger charge is -2.37. The first kappa shape index (κ1) is 28.1. The van der Waals surface area contributed by atoms with Crippen molar-refractivity contribution in [1.29, 1.82) is 0 Å². The van der Waals surface area contributed by atoms with Crippen molar-refractivity contribution >= 4 is 29.1 Å². The first-order valence-corrected chi connectivity index (χ1v) is 14.7. The van der Waals surface area contributed by atoms with Gasteiger partial charge in [0.2, 0.25) is 17.7 Å². The lowest BCUT2D eigenvalue weighted by molar-refractivity contribution is -0.148. The molecule has 42 heavy (non-hydrogen) atoms. The maximum absolute atomic E-state index is 14.6. The molecule has 3 amide bonds. The molecule has 0 saturated carbocycles. The zero-order valence-electron chi connectivity index (χ0n) is 24.2. The summed E-state index contributed by atoms with van der Waals surface area (Å²) in [6, 6.07) is 22.3. The van der Waals surface area contributed by atoms with Crippen LogP contribution in [-0.4, -0.2) is 51.6 Å². The fourth-order valence-electron chi connectivity index (χ4n) is 7.66. The molecule has 2 bridgehead atoms. The number of aliphatic hydroxyl groups excluding tert-OH is 1. The van der Waals surface area contributed by atoms with Gasteiger partial charge in [-0.1, -0.05) is 73.7 Å². The number of amides is 3. The monoisotopic (exact) mass is 567 g/mol. The Morgan fingerprint density at radius 3 is 2.19 bits per heavy atom. The summed E-state index contributed by atoms with van der Waals surface area (Å²) >= 11 is 0. The quantitative estimate of drug-likeness (QED) is 0.364. The van der Waals surface area contributed by atoms with Crippen LogP contribution < -0.4 is 10.6 Å². The Balaban J connectivity index is 1.46. The molecule has 8 nitrogen and oxygen atoms in total. The van der Waals surface area contributed by atoms with E-state index in [1.54, 1.807) is 12.1 Å². The number of anilines is 2. The van der Waals surface area contributed by atoms with Gasteiger partial charge in [-0.3, -0.25) is 14.4 Å². The summed E-state index contributed by atoms with van der Waals surface area (Å²) in [5.41, 5.74) is 1.74. The van der Waals surface area contributed by atoms with E-state index in [1.165, 1.54) is 4.90 Å². The topological polar surface area (TPSA) is 108 Å². The molecule has 3 aromatic rings. The number of aliphatic hydroxyl groups is 1. The highest BCUT2D eigenvalue weighted by Gasteiger charge is 2.79. The molecule has 8 heteroatoms. The van der Waals surface area contributed by atoms with Crippen molar-refractivity contribution in [1.82, 2.24) is 4.90 Å². The van der Waals surface area contributed by atoms with Gasteiger partial charge in [-0.25, -0.2) is 0 Å². The Morgan fingerprint density at radius 2 is 1.57 bits per heavy atom. The van der Waals surface area contributed by atoms with E-state index < -0.39 is 35.1 Å². The fourth-order valence-corrected chi connectivity index (χ4v) is 7.66. The summed E-state index contributed by atoms with van der Waals surface area (Å²) in [6.45, 7) is 5.44. The van der Waals surface area contributed by atoms with E-state index in [2.05, 4.69) is 10.6 Å². The minimum Gasteiger partial charge on any atom is -0.394 e. The van der Waals surface area contributed by atoms with Crippen molar-refractivity contribution in [2.45, 2.75) is 63.3 Å². The molecule has 3 fully saturated rings. The van der Waals surface area contributed by atoms with Crippen molar-refractivity contribution in [3.05, 3.63) is 95.6 Å². The van der Waals surface area contributed by atoms with Gasteiger partial charge in [-0.15, -0.1) is 0 Å². The van der Waals surface area contributed by atoms with E-state index in [9.17, 15) is 19.5 Å². The van der Waals surface area contributed by atoms with Gasteiger partial charge in [0.25, 0.3) is 0 Å². The second-order valence-electron chi connectivity index (χ2n) is 11.8. The number of aryl methyl sites for hydroxylation is 2. The third-order valence-electron chi connectivity index (χ3n) is 9.61. The van der Waals surface area contributed by atoms with Crippen molar-refractivity contribution in [2.24, 2.45) is 11.8 Å². The van der Waals surface area contributed by atoms with Gasteiger partial charge in [-0.05, 0) is 61.9 Å². The zero-order valence-corrected chi connectivity index (χ0v) is 24.2. The lowest BCUT2D eigenvalue weighted by atomic mass is 9.65. The summed E-state index contributed by atoms with van der Waals surface area (Å²) in [7, 11) is 0. The number of carbonyl (C=O) groups excluding carboxylic acids is 3. The SMILES string of the molecule is CC[C@]12CCC3(O1)C(C(=O)Nc1c(C)cccc1C)N([C@H](CO)c1ccccc1)C(=O)[C@@H]3[C@H]2C(=O)Nc1ccccc1. The zero-order chi connectivity index (χ0) is 29.6. The Labute approximate surface area is 246 Å². The van der Waals surface area contributed by atoms with E-state index in [0.717, 1.165) is 11.1 Å².